The lowest BCUT2D eigenvalue weighted by molar-refractivity contribution is 0.112. The van der Waals surface area contributed by atoms with Gasteiger partial charge in [0.15, 0.2) is 6.29 Å². The first kappa shape index (κ1) is 11.6. The van der Waals surface area contributed by atoms with E-state index in [0.717, 1.165) is 32.1 Å². The van der Waals surface area contributed by atoms with Gasteiger partial charge in [-0.3, -0.25) is 9.48 Å². The molecule has 0 N–H and O–H groups in total. The van der Waals surface area contributed by atoms with Gasteiger partial charge in [-0.25, -0.2) is 0 Å². The van der Waals surface area contributed by atoms with Gasteiger partial charge in [-0.05, 0) is 24.8 Å². The van der Waals surface area contributed by atoms with Crippen molar-refractivity contribution in [2.24, 2.45) is 0 Å². The second kappa shape index (κ2) is 5.99. The maximum Gasteiger partial charge on any atom is 0.153 e. The first-order valence-electron chi connectivity index (χ1n) is 5.90. The van der Waals surface area contributed by atoms with E-state index in [1.54, 1.807) is 12.4 Å². The van der Waals surface area contributed by atoms with E-state index in [0.29, 0.717) is 5.56 Å². The van der Waals surface area contributed by atoms with Gasteiger partial charge in [-0.1, -0.05) is 30.3 Å². The number of unbranched alkanes of at least 4 members (excludes halogenated alkanes) is 1. The second-order valence-corrected chi connectivity index (χ2v) is 4.10. The standard InChI is InChI=1S/C14H16N2O/c17-12-14-10-15-16(11-14)9-5-4-8-13-6-2-1-3-7-13/h1-3,6-7,10-12H,4-5,8-9H2. The number of rotatable bonds is 6. The molecule has 0 radical (unpaired) electrons. The predicted molar refractivity (Wildman–Crippen MR) is 67.0 cm³/mol. The molecule has 1 heterocycles. The molecule has 0 saturated carbocycles. The molecule has 3 heteroatoms. The Hall–Kier alpha value is -1.90. The Bertz CT molecular complexity index is 462. The van der Waals surface area contributed by atoms with Gasteiger partial charge in [-0.2, -0.15) is 5.10 Å². The van der Waals surface area contributed by atoms with E-state index in [1.165, 1.54) is 5.56 Å². The SMILES string of the molecule is O=Cc1cnn(CCCCc2ccccc2)c1. The van der Waals surface area contributed by atoms with Crippen LogP contribution in [0.1, 0.15) is 28.8 Å². The number of carbonyl (C=O) groups excluding carboxylic acids is 1. The number of hydrogen-bond donors (Lipinski definition) is 0. The van der Waals surface area contributed by atoms with Crippen LogP contribution >= 0.6 is 0 Å². The Balaban J connectivity index is 1.71. The minimum absolute atomic E-state index is 0.646. The quantitative estimate of drug-likeness (QED) is 0.563. The van der Waals surface area contributed by atoms with Crippen molar-refractivity contribution in [3.05, 3.63) is 53.9 Å². The molecule has 1 aromatic carbocycles. The highest BCUT2D eigenvalue weighted by Gasteiger charge is 1.97. The molecule has 2 rings (SSSR count). The van der Waals surface area contributed by atoms with Gasteiger partial charge in [0.05, 0.1) is 11.8 Å². The Labute approximate surface area is 101 Å². The molecule has 0 atom stereocenters. The van der Waals surface area contributed by atoms with E-state index in [9.17, 15) is 4.79 Å². The van der Waals surface area contributed by atoms with Crippen LogP contribution in [0.15, 0.2) is 42.7 Å². The average molecular weight is 228 g/mol. The number of aldehydes is 1. The topological polar surface area (TPSA) is 34.9 Å². The van der Waals surface area contributed by atoms with Crippen molar-refractivity contribution in [3.63, 3.8) is 0 Å². The smallest absolute Gasteiger partial charge is 0.153 e. The van der Waals surface area contributed by atoms with Gasteiger partial charge in [-0.15, -0.1) is 0 Å². The molecule has 0 amide bonds. The molecule has 0 unspecified atom stereocenters. The van der Waals surface area contributed by atoms with Crippen LogP contribution in [0.2, 0.25) is 0 Å². The summed E-state index contributed by atoms with van der Waals surface area (Å²) in [5, 5.41) is 4.12. The molecule has 0 bridgehead atoms. The zero-order valence-electron chi connectivity index (χ0n) is 9.75. The Morgan fingerprint density at radius 2 is 2.00 bits per heavy atom. The summed E-state index contributed by atoms with van der Waals surface area (Å²) < 4.78 is 1.83. The fraction of sp³-hybridized carbons (Fsp3) is 0.286. The molecule has 0 aliphatic rings. The third-order valence-electron chi connectivity index (χ3n) is 2.73. The van der Waals surface area contributed by atoms with Crippen molar-refractivity contribution in [2.75, 3.05) is 0 Å². The van der Waals surface area contributed by atoms with Gasteiger partial charge >= 0.3 is 0 Å². The number of carbonyl (C=O) groups is 1. The number of aromatic nitrogens is 2. The normalized spacial score (nSPS) is 10.4. The second-order valence-electron chi connectivity index (χ2n) is 4.10. The Morgan fingerprint density at radius 1 is 1.18 bits per heavy atom. The maximum atomic E-state index is 10.5. The number of hydrogen-bond acceptors (Lipinski definition) is 2. The van der Waals surface area contributed by atoms with Crippen molar-refractivity contribution < 1.29 is 4.79 Å². The molecule has 88 valence electrons. The van der Waals surface area contributed by atoms with Crippen LogP contribution in [-0.4, -0.2) is 16.1 Å². The summed E-state index contributed by atoms with van der Waals surface area (Å²) >= 11 is 0. The molecular formula is C14H16N2O. The summed E-state index contributed by atoms with van der Waals surface area (Å²) in [6.07, 6.45) is 7.53. The van der Waals surface area contributed by atoms with Crippen molar-refractivity contribution >= 4 is 6.29 Å². The summed E-state index contributed by atoms with van der Waals surface area (Å²) in [6.45, 7) is 0.876. The minimum Gasteiger partial charge on any atom is -0.298 e. The number of aryl methyl sites for hydroxylation is 2. The van der Waals surface area contributed by atoms with E-state index >= 15 is 0 Å². The van der Waals surface area contributed by atoms with Crippen molar-refractivity contribution in [1.29, 1.82) is 0 Å². The van der Waals surface area contributed by atoms with Gasteiger partial charge in [0.2, 0.25) is 0 Å². The summed E-state index contributed by atoms with van der Waals surface area (Å²) in [6, 6.07) is 10.5. The Morgan fingerprint density at radius 3 is 2.71 bits per heavy atom. The predicted octanol–water partition coefficient (Wildman–Crippen LogP) is 2.72. The molecule has 17 heavy (non-hydrogen) atoms. The monoisotopic (exact) mass is 228 g/mol. The molecule has 0 spiro atoms. The van der Waals surface area contributed by atoms with Gasteiger partial charge in [0.1, 0.15) is 0 Å². The van der Waals surface area contributed by atoms with Gasteiger partial charge < -0.3 is 0 Å². The van der Waals surface area contributed by atoms with E-state index < -0.39 is 0 Å². The summed E-state index contributed by atoms with van der Waals surface area (Å²) in [4.78, 5) is 10.5. The lowest BCUT2D eigenvalue weighted by Crippen LogP contribution is -1.98. The van der Waals surface area contributed by atoms with Gasteiger partial charge in [0.25, 0.3) is 0 Å². The highest BCUT2D eigenvalue weighted by atomic mass is 16.1. The van der Waals surface area contributed by atoms with E-state index in [4.69, 9.17) is 0 Å². The largest absolute Gasteiger partial charge is 0.298 e. The summed E-state index contributed by atoms with van der Waals surface area (Å²) in [5.41, 5.74) is 2.02. The molecule has 0 aliphatic carbocycles. The maximum absolute atomic E-state index is 10.5. The van der Waals surface area contributed by atoms with Crippen LogP contribution in [-0.2, 0) is 13.0 Å². The van der Waals surface area contributed by atoms with E-state index in [1.807, 2.05) is 10.7 Å². The molecule has 2 aromatic rings. The number of benzene rings is 1. The van der Waals surface area contributed by atoms with Crippen LogP contribution in [0.25, 0.3) is 0 Å². The molecule has 1 aromatic heterocycles. The highest BCUT2D eigenvalue weighted by molar-refractivity contribution is 5.73. The third-order valence-corrected chi connectivity index (χ3v) is 2.73. The molecule has 0 aliphatic heterocycles. The first-order valence-corrected chi connectivity index (χ1v) is 5.90. The van der Waals surface area contributed by atoms with Crippen LogP contribution in [0.4, 0.5) is 0 Å². The van der Waals surface area contributed by atoms with Crippen LogP contribution in [0, 0.1) is 0 Å². The fourth-order valence-corrected chi connectivity index (χ4v) is 1.81. The van der Waals surface area contributed by atoms with E-state index in [-0.39, 0.29) is 0 Å². The number of nitrogens with zero attached hydrogens (tertiary/aromatic N) is 2. The van der Waals surface area contributed by atoms with Crippen molar-refractivity contribution in [3.8, 4) is 0 Å². The third kappa shape index (κ3) is 3.55. The molecule has 3 nitrogen and oxygen atoms in total. The highest BCUT2D eigenvalue weighted by Crippen LogP contribution is 2.05. The van der Waals surface area contributed by atoms with Crippen molar-refractivity contribution in [1.82, 2.24) is 9.78 Å². The van der Waals surface area contributed by atoms with Crippen LogP contribution in [0.5, 0.6) is 0 Å². The van der Waals surface area contributed by atoms with Crippen LogP contribution < -0.4 is 0 Å². The lowest BCUT2D eigenvalue weighted by atomic mass is 10.1. The Kier molecular flexibility index (Phi) is 4.08. The first-order chi connectivity index (χ1) is 8.38. The van der Waals surface area contributed by atoms with Gasteiger partial charge in [0, 0.05) is 12.7 Å². The molecule has 0 fully saturated rings. The molecular weight excluding hydrogens is 212 g/mol. The van der Waals surface area contributed by atoms with Crippen LogP contribution in [0.3, 0.4) is 0 Å². The summed E-state index contributed by atoms with van der Waals surface area (Å²) in [5.74, 6) is 0. The zero-order chi connectivity index (χ0) is 11.9. The molecule has 0 saturated heterocycles. The lowest BCUT2D eigenvalue weighted by Gasteiger charge is -2.02. The average Bonchev–Trinajstić information content (AvgIpc) is 2.84. The fourth-order valence-electron chi connectivity index (χ4n) is 1.81. The summed E-state index contributed by atoms with van der Waals surface area (Å²) in [7, 11) is 0. The van der Waals surface area contributed by atoms with Crippen molar-refractivity contribution in [2.45, 2.75) is 25.8 Å². The van der Waals surface area contributed by atoms with E-state index in [2.05, 4.69) is 29.4 Å². The minimum atomic E-state index is 0.646. The zero-order valence-corrected chi connectivity index (χ0v) is 9.75.